The number of thiocarbonyl (C=S) groups is 1. The summed E-state index contributed by atoms with van der Waals surface area (Å²) in [7, 11) is 0. The molecule has 1 aliphatic heterocycles. The number of pyridine rings is 1. The Kier molecular flexibility index (Phi) is 6.33. The zero-order valence-electron chi connectivity index (χ0n) is 16.5. The van der Waals surface area contributed by atoms with Crippen molar-refractivity contribution in [1.29, 1.82) is 0 Å². The van der Waals surface area contributed by atoms with Crippen LogP contribution in [0.15, 0.2) is 63.6 Å². The predicted octanol–water partition coefficient (Wildman–Crippen LogP) is 4.78. The summed E-state index contributed by atoms with van der Waals surface area (Å²) in [6.07, 6.45) is 1.69. The van der Waals surface area contributed by atoms with Crippen molar-refractivity contribution in [1.82, 2.24) is 15.2 Å². The average molecular weight is 504 g/mol. The third kappa shape index (κ3) is 4.47. The molecule has 3 aromatic rings. The first kappa shape index (κ1) is 21.5. The van der Waals surface area contributed by atoms with Crippen molar-refractivity contribution in [2.75, 3.05) is 13.2 Å². The fraction of sp³-hybridized carbons (Fsp3) is 0.227. The van der Waals surface area contributed by atoms with Crippen molar-refractivity contribution in [2.24, 2.45) is 0 Å². The Morgan fingerprint density at radius 3 is 2.87 bits per heavy atom. The second-order valence-corrected chi connectivity index (χ2v) is 8.19. The summed E-state index contributed by atoms with van der Waals surface area (Å²) in [6, 6.07) is 13.0. The number of carbonyl (C=O) groups is 1. The SMILES string of the molecule is CCOC(=O)CN1C(=S)N[C@H](c2ccccn2)[C@H]1c1ccc(-c2ccc(Br)cc2F)o1. The van der Waals surface area contributed by atoms with Gasteiger partial charge in [-0.25, -0.2) is 4.39 Å². The van der Waals surface area contributed by atoms with Gasteiger partial charge >= 0.3 is 5.97 Å². The van der Waals surface area contributed by atoms with E-state index in [1.54, 1.807) is 42.3 Å². The molecule has 1 aromatic carbocycles. The van der Waals surface area contributed by atoms with Crippen LogP contribution in [-0.2, 0) is 9.53 Å². The highest BCUT2D eigenvalue weighted by Crippen LogP contribution is 2.40. The normalized spacial score (nSPS) is 18.2. The highest BCUT2D eigenvalue weighted by molar-refractivity contribution is 9.10. The molecule has 1 fully saturated rings. The molecule has 6 nitrogen and oxygen atoms in total. The number of benzene rings is 1. The van der Waals surface area contributed by atoms with E-state index in [1.165, 1.54) is 6.07 Å². The number of aromatic nitrogens is 1. The molecule has 0 unspecified atom stereocenters. The van der Waals surface area contributed by atoms with E-state index in [2.05, 4.69) is 26.2 Å². The first-order chi connectivity index (χ1) is 15.0. The topological polar surface area (TPSA) is 67.6 Å². The van der Waals surface area contributed by atoms with Crippen molar-refractivity contribution < 1.29 is 18.3 Å². The van der Waals surface area contributed by atoms with E-state index < -0.39 is 17.8 Å². The number of rotatable bonds is 6. The van der Waals surface area contributed by atoms with E-state index in [0.29, 0.717) is 26.7 Å². The van der Waals surface area contributed by atoms with Crippen LogP contribution >= 0.6 is 28.1 Å². The maximum absolute atomic E-state index is 14.5. The van der Waals surface area contributed by atoms with Gasteiger partial charge in [-0.2, -0.15) is 0 Å². The zero-order chi connectivity index (χ0) is 22.0. The van der Waals surface area contributed by atoms with Crippen molar-refractivity contribution >= 4 is 39.2 Å². The smallest absolute Gasteiger partial charge is 0.325 e. The average Bonchev–Trinajstić information content (AvgIpc) is 3.34. The number of furan rings is 1. The van der Waals surface area contributed by atoms with E-state index in [-0.39, 0.29) is 19.2 Å². The van der Waals surface area contributed by atoms with Crippen LogP contribution in [0.4, 0.5) is 4.39 Å². The third-order valence-electron chi connectivity index (χ3n) is 4.92. The molecule has 3 heterocycles. The fourth-order valence-corrected chi connectivity index (χ4v) is 4.21. The number of hydrogen-bond acceptors (Lipinski definition) is 5. The van der Waals surface area contributed by atoms with Crippen LogP contribution in [0.2, 0.25) is 0 Å². The van der Waals surface area contributed by atoms with Crippen LogP contribution in [0, 0.1) is 5.82 Å². The number of ether oxygens (including phenoxy) is 1. The van der Waals surface area contributed by atoms with Crippen LogP contribution in [0.3, 0.4) is 0 Å². The molecule has 31 heavy (non-hydrogen) atoms. The first-order valence-corrected chi connectivity index (χ1v) is 10.9. The first-order valence-electron chi connectivity index (χ1n) is 9.66. The highest BCUT2D eigenvalue weighted by atomic mass is 79.9. The minimum atomic E-state index is -0.459. The molecule has 0 radical (unpaired) electrons. The van der Waals surface area contributed by atoms with Crippen LogP contribution < -0.4 is 5.32 Å². The van der Waals surface area contributed by atoms with Crippen molar-refractivity contribution in [3.8, 4) is 11.3 Å². The molecule has 160 valence electrons. The quantitative estimate of drug-likeness (QED) is 0.383. The Morgan fingerprint density at radius 1 is 1.32 bits per heavy atom. The van der Waals surface area contributed by atoms with E-state index >= 15 is 0 Å². The van der Waals surface area contributed by atoms with Crippen LogP contribution in [0.5, 0.6) is 0 Å². The maximum Gasteiger partial charge on any atom is 0.325 e. The standard InChI is InChI=1S/C22H19BrFN3O3S/c1-2-29-19(28)12-27-21(20(26-22(27)31)16-5-3-4-10-25-16)18-9-8-17(30-18)14-7-6-13(23)11-15(14)24/h3-11,20-21H,2,12H2,1H3,(H,26,31)/t20-,21-/m1/s1. The Labute approximate surface area is 192 Å². The second kappa shape index (κ2) is 9.15. The fourth-order valence-electron chi connectivity index (χ4n) is 3.58. The lowest BCUT2D eigenvalue weighted by Crippen LogP contribution is -2.35. The Balaban J connectivity index is 1.72. The maximum atomic E-state index is 14.5. The largest absolute Gasteiger partial charge is 0.465 e. The number of esters is 1. The molecule has 0 aliphatic carbocycles. The highest BCUT2D eigenvalue weighted by Gasteiger charge is 2.42. The molecular weight excluding hydrogens is 485 g/mol. The number of hydrogen-bond donors (Lipinski definition) is 1. The van der Waals surface area contributed by atoms with Gasteiger partial charge in [0.1, 0.15) is 29.9 Å². The van der Waals surface area contributed by atoms with Crippen LogP contribution in [0.1, 0.15) is 30.5 Å². The lowest BCUT2D eigenvalue weighted by molar-refractivity contribution is -0.143. The minimum absolute atomic E-state index is 0.0453. The summed E-state index contributed by atoms with van der Waals surface area (Å²) >= 11 is 8.77. The monoisotopic (exact) mass is 503 g/mol. The summed E-state index contributed by atoms with van der Waals surface area (Å²) in [5.74, 6) is 0.113. The minimum Gasteiger partial charge on any atom is -0.465 e. The molecule has 0 bridgehead atoms. The molecule has 1 saturated heterocycles. The summed E-state index contributed by atoms with van der Waals surface area (Å²) in [5.41, 5.74) is 1.09. The van der Waals surface area contributed by atoms with Gasteiger partial charge in [-0.3, -0.25) is 9.78 Å². The number of nitrogens with one attached hydrogen (secondary N) is 1. The van der Waals surface area contributed by atoms with Gasteiger partial charge in [-0.1, -0.05) is 22.0 Å². The Hall–Kier alpha value is -2.78. The summed E-state index contributed by atoms with van der Waals surface area (Å²) in [5, 5.41) is 3.62. The van der Waals surface area contributed by atoms with Crippen molar-refractivity contribution in [3.63, 3.8) is 0 Å². The van der Waals surface area contributed by atoms with Crippen molar-refractivity contribution in [2.45, 2.75) is 19.0 Å². The van der Waals surface area contributed by atoms with Gasteiger partial charge in [-0.05, 0) is 61.6 Å². The predicted molar refractivity (Wildman–Crippen MR) is 121 cm³/mol. The zero-order valence-corrected chi connectivity index (χ0v) is 19.0. The Morgan fingerprint density at radius 2 is 2.16 bits per heavy atom. The molecule has 1 N–H and O–H groups in total. The molecule has 0 spiro atoms. The van der Waals surface area contributed by atoms with Gasteiger partial charge in [0.2, 0.25) is 0 Å². The molecule has 9 heteroatoms. The van der Waals surface area contributed by atoms with E-state index in [4.69, 9.17) is 21.4 Å². The van der Waals surface area contributed by atoms with Gasteiger partial charge in [0.25, 0.3) is 0 Å². The molecular formula is C22H19BrFN3O3S. The Bertz CT molecular complexity index is 1110. The second-order valence-electron chi connectivity index (χ2n) is 6.89. The summed E-state index contributed by atoms with van der Waals surface area (Å²) < 4.78 is 26.3. The molecule has 1 aliphatic rings. The molecule has 0 amide bonds. The van der Waals surface area contributed by atoms with E-state index in [9.17, 15) is 9.18 Å². The number of halogens is 2. The lowest BCUT2D eigenvalue weighted by Gasteiger charge is -2.25. The van der Waals surface area contributed by atoms with Crippen molar-refractivity contribution in [3.05, 3.63) is 76.5 Å². The lowest BCUT2D eigenvalue weighted by atomic mass is 10.0. The van der Waals surface area contributed by atoms with Crippen LogP contribution in [-0.4, -0.2) is 34.1 Å². The molecule has 4 rings (SSSR count). The van der Waals surface area contributed by atoms with Gasteiger partial charge in [0.05, 0.1) is 23.9 Å². The molecule has 2 aromatic heterocycles. The number of nitrogens with zero attached hydrogens (tertiary/aromatic N) is 2. The molecule has 2 atom stereocenters. The van der Waals surface area contributed by atoms with Gasteiger partial charge < -0.3 is 19.4 Å². The van der Waals surface area contributed by atoms with E-state index in [0.717, 1.165) is 5.69 Å². The summed E-state index contributed by atoms with van der Waals surface area (Å²) in [4.78, 5) is 18.4. The summed E-state index contributed by atoms with van der Waals surface area (Å²) in [6.45, 7) is 1.98. The van der Waals surface area contributed by atoms with Crippen LogP contribution in [0.25, 0.3) is 11.3 Å². The molecule has 0 saturated carbocycles. The van der Waals surface area contributed by atoms with Gasteiger partial charge in [0, 0.05) is 10.7 Å². The van der Waals surface area contributed by atoms with E-state index in [1.807, 2.05) is 18.2 Å². The van der Waals surface area contributed by atoms with Gasteiger partial charge in [0.15, 0.2) is 5.11 Å². The van der Waals surface area contributed by atoms with Gasteiger partial charge in [-0.15, -0.1) is 0 Å². The number of carbonyl (C=O) groups excluding carboxylic acids is 1. The third-order valence-corrected chi connectivity index (χ3v) is 5.76.